The standard InChI is InChI=1S/C6H14N2O/c7-2-1-3-8-4-6-5-9-6/h6,8H,1-5,7H2. The fraction of sp³-hybridized carbons (Fsp3) is 1.00. The lowest BCUT2D eigenvalue weighted by Gasteiger charge is -1.98. The van der Waals surface area contributed by atoms with Crippen molar-refractivity contribution in [1.82, 2.24) is 5.32 Å². The molecule has 1 heterocycles. The summed E-state index contributed by atoms with van der Waals surface area (Å²) in [6, 6.07) is 0. The molecular weight excluding hydrogens is 116 g/mol. The first kappa shape index (κ1) is 6.99. The largest absolute Gasteiger partial charge is 0.372 e. The van der Waals surface area contributed by atoms with Gasteiger partial charge in [0.2, 0.25) is 0 Å². The number of ether oxygens (including phenoxy) is 1. The van der Waals surface area contributed by atoms with Crippen LogP contribution in [0.5, 0.6) is 0 Å². The summed E-state index contributed by atoms with van der Waals surface area (Å²) in [7, 11) is 0. The Morgan fingerprint density at radius 1 is 1.67 bits per heavy atom. The molecule has 54 valence electrons. The topological polar surface area (TPSA) is 50.6 Å². The van der Waals surface area contributed by atoms with Gasteiger partial charge >= 0.3 is 0 Å². The van der Waals surface area contributed by atoms with Crippen molar-refractivity contribution < 1.29 is 4.74 Å². The van der Waals surface area contributed by atoms with E-state index >= 15 is 0 Å². The van der Waals surface area contributed by atoms with E-state index in [4.69, 9.17) is 10.5 Å². The average molecular weight is 130 g/mol. The molecule has 1 aliphatic rings. The minimum atomic E-state index is 0.503. The maximum absolute atomic E-state index is 5.29. The Labute approximate surface area is 55.6 Å². The Kier molecular flexibility index (Phi) is 2.97. The predicted molar refractivity (Wildman–Crippen MR) is 36.3 cm³/mol. The van der Waals surface area contributed by atoms with E-state index in [9.17, 15) is 0 Å². The molecule has 9 heavy (non-hydrogen) atoms. The van der Waals surface area contributed by atoms with Gasteiger partial charge < -0.3 is 15.8 Å². The van der Waals surface area contributed by atoms with E-state index in [0.29, 0.717) is 6.10 Å². The van der Waals surface area contributed by atoms with Crippen molar-refractivity contribution in [2.75, 3.05) is 26.2 Å². The maximum Gasteiger partial charge on any atom is 0.0933 e. The molecule has 3 N–H and O–H groups in total. The molecule has 0 saturated carbocycles. The molecule has 0 radical (unpaired) electrons. The molecule has 1 rings (SSSR count). The van der Waals surface area contributed by atoms with Gasteiger partial charge in [-0.2, -0.15) is 0 Å². The Morgan fingerprint density at radius 2 is 2.44 bits per heavy atom. The third-order valence-corrected chi connectivity index (χ3v) is 1.33. The number of rotatable bonds is 5. The molecule has 1 atom stereocenters. The van der Waals surface area contributed by atoms with Gasteiger partial charge in [-0.25, -0.2) is 0 Å². The summed E-state index contributed by atoms with van der Waals surface area (Å²) in [5, 5.41) is 3.24. The van der Waals surface area contributed by atoms with Gasteiger partial charge in [0.15, 0.2) is 0 Å². The van der Waals surface area contributed by atoms with Crippen LogP contribution in [0.2, 0.25) is 0 Å². The molecule has 0 aromatic heterocycles. The lowest BCUT2D eigenvalue weighted by atomic mass is 10.4. The van der Waals surface area contributed by atoms with Crippen LogP contribution >= 0.6 is 0 Å². The quantitative estimate of drug-likeness (QED) is 0.383. The first-order valence-corrected chi connectivity index (χ1v) is 3.46. The van der Waals surface area contributed by atoms with Crippen LogP contribution < -0.4 is 11.1 Å². The van der Waals surface area contributed by atoms with Crippen molar-refractivity contribution in [3.8, 4) is 0 Å². The Balaban J connectivity index is 1.71. The second-order valence-electron chi connectivity index (χ2n) is 2.30. The Bertz CT molecular complexity index is 73.5. The van der Waals surface area contributed by atoms with Crippen LogP contribution in [0.4, 0.5) is 0 Å². The van der Waals surface area contributed by atoms with Gasteiger partial charge in [0.1, 0.15) is 0 Å². The summed E-state index contributed by atoms with van der Waals surface area (Å²) in [5.74, 6) is 0. The molecule has 0 aromatic rings. The van der Waals surface area contributed by atoms with Crippen LogP contribution in [0.3, 0.4) is 0 Å². The average Bonchev–Trinajstić information content (AvgIpc) is 2.63. The number of hydrogen-bond acceptors (Lipinski definition) is 3. The molecule has 0 aromatic carbocycles. The van der Waals surface area contributed by atoms with E-state index in [-0.39, 0.29) is 0 Å². The maximum atomic E-state index is 5.29. The molecule has 1 aliphatic heterocycles. The van der Waals surface area contributed by atoms with E-state index in [2.05, 4.69) is 5.32 Å². The number of nitrogens with two attached hydrogens (primary N) is 1. The van der Waals surface area contributed by atoms with Crippen LogP contribution in [0.1, 0.15) is 6.42 Å². The molecule has 0 bridgehead atoms. The summed E-state index contributed by atoms with van der Waals surface area (Å²) in [4.78, 5) is 0. The van der Waals surface area contributed by atoms with Gasteiger partial charge in [-0.15, -0.1) is 0 Å². The van der Waals surface area contributed by atoms with E-state index < -0.39 is 0 Å². The van der Waals surface area contributed by atoms with Crippen molar-refractivity contribution in [2.45, 2.75) is 12.5 Å². The number of nitrogens with one attached hydrogen (secondary N) is 1. The van der Waals surface area contributed by atoms with Crippen molar-refractivity contribution in [2.24, 2.45) is 5.73 Å². The number of hydrogen-bond donors (Lipinski definition) is 2. The predicted octanol–water partition coefficient (Wildman–Crippen LogP) is -0.676. The first-order chi connectivity index (χ1) is 4.43. The summed E-state index contributed by atoms with van der Waals surface area (Å²) < 4.78 is 4.99. The van der Waals surface area contributed by atoms with Crippen molar-refractivity contribution in [1.29, 1.82) is 0 Å². The highest BCUT2D eigenvalue weighted by atomic mass is 16.6. The van der Waals surface area contributed by atoms with Gasteiger partial charge in [0.05, 0.1) is 12.7 Å². The monoisotopic (exact) mass is 130 g/mol. The smallest absolute Gasteiger partial charge is 0.0933 e. The van der Waals surface area contributed by atoms with Crippen LogP contribution in [0.15, 0.2) is 0 Å². The summed E-state index contributed by atoms with van der Waals surface area (Å²) in [5.41, 5.74) is 5.29. The molecule has 0 spiro atoms. The third kappa shape index (κ3) is 3.46. The lowest BCUT2D eigenvalue weighted by Crippen LogP contribution is -2.22. The minimum Gasteiger partial charge on any atom is -0.372 e. The molecule has 1 saturated heterocycles. The Hall–Kier alpha value is -0.120. The molecule has 1 unspecified atom stereocenters. The molecular formula is C6H14N2O. The van der Waals surface area contributed by atoms with Gasteiger partial charge in [-0.3, -0.25) is 0 Å². The second kappa shape index (κ2) is 3.82. The van der Waals surface area contributed by atoms with Gasteiger partial charge in [-0.05, 0) is 19.5 Å². The third-order valence-electron chi connectivity index (χ3n) is 1.33. The van der Waals surface area contributed by atoms with Gasteiger partial charge in [0.25, 0.3) is 0 Å². The highest BCUT2D eigenvalue weighted by molar-refractivity contribution is 4.71. The van der Waals surface area contributed by atoms with Gasteiger partial charge in [-0.1, -0.05) is 0 Å². The van der Waals surface area contributed by atoms with Crippen molar-refractivity contribution in [3.05, 3.63) is 0 Å². The zero-order valence-electron chi connectivity index (χ0n) is 5.60. The SMILES string of the molecule is NCCCNCC1CO1. The van der Waals surface area contributed by atoms with Crippen molar-refractivity contribution >= 4 is 0 Å². The summed E-state index contributed by atoms with van der Waals surface area (Å²) >= 11 is 0. The zero-order chi connectivity index (χ0) is 6.53. The van der Waals surface area contributed by atoms with Crippen LogP contribution in [-0.4, -0.2) is 32.3 Å². The summed E-state index contributed by atoms with van der Waals surface area (Å²) in [6.07, 6.45) is 1.56. The zero-order valence-corrected chi connectivity index (χ0v) is 5.60. The first-order valence-electron chi connectivity index (χ1n) is 3.46. The molecule has 3 nitrogen and oxygen atoms in total. The summed E-state index contributed by atoms with van der Waals surface area (Å²) in [6.45, 7) is 3.74. The highest BCUT2D eigenvalue weighted by Gasteiger charge is 2.20. The molecule has 1 fully saturated rings. The van der Waals surface area contributed by atoms with Crippen LogP contribution in [0.25, 0.3) is 0 Å². The lowest BCUT2D eigenvalue weighted by molar-refractivity contribution is 0.396. The van der Waals surface area contributed by atoms with E-state index in [1.165, 1.54) is 0 Å². The molecule has 3 heteroatoms. The highest BCUT2D eigenvalue weighted by Crippen LogP contribution is 2.05. The Morgan fingerprint density at radius 3 is 3.00 bits per heavy atom. The van der Waals surface area contributed by atoms with Crippen LogP contribution in [0, 0.1) is 0 Å². The minimum absolute atomic E-state index is 0.503. The van der Waals surface area contributed by atoms with E-state index in [0.717, 1.165) is 32.7 Å². The van der Waals surface area contributed by atoms with Gasteiger partial charge in [0, 0.05) is 6.54 Å². The number of epoxide rings is 1. The van der Waals surface area contributed by atoms with E-state index in [1.807, 2.05) is 0 Å². The normalized spacial score (nSPS) is 24.3. The molecule has 0 amide bonds. The van der Waals surface area contributed by atoms with E-state index in [1.54, 1.807) is 0 Å². The van der Waals surface area contributed by atoms with Crippen molar-refractivity contribution in [3.63, 3.8) is 0 Å². The van der Waals surface area contributed by atoms with Crippen LogP contribution in [-0.2, 0) is 4.74 Å². The fourth-order valence-corrected chi connectivity index (χ4v) is 0.676. The fourth-order valence-electron chi connectivity index (χ4n) is 0.676. The molecule has 0 aliphatic carbocycles. The second-order valence-corrected chi connectivity index (χ2v) is 2.30.